The van der Waals surface area contributed by atoms with Gasteiger partial charge in [0.1, 0.15) is 0 Å². The Kier molecular flexibility index (Phi) is 38.3. The average molecular weight is 691 g/mol. The van der Waals surface area contributed by atoms with Gasteiger partial charge in [0, 0.05) is 75.8 Å². The molecule has 4 N–H and O–H groups in total. The van der Waals surface area contributed by atoms with Gasteiger partial charge in [0.05, 0.1) is 23.0 Å². The van der Waals surface area contributed by atoms with Gasteiger partial charge in [-0.05, 0) is 53.4 Å². The molecule has 0 atom stereocenters. The van der Waals surface area contributed by atoms with E-state index in [4.69, 9.17) is 20.4 Å². The molecule has 0 unspecified atom stereocenters. The predicted octanol–water partition coefficient (Wildman–Crippen LogP) is 7.27. The second kappa shape index (κ2) is 31.7. The minimum absolute atomic E-state index is 0. The van der Waals surface area contributed by atoms with Gasteiger partial charge in [0.15, 0.2) is 23.1 Å². The van der Waals surface area contributed by atoms with Crippen LogP contribution < -0.4 is 0 Å². The Balaban J connectivity index is -0.000000122. The first kappa shape index (κ1) is 44.7. The molecule has 0 heterocycles. The van der Waals surface area contributed by atoms with Crippen molar-refractivity contribution in [1.82, 2.24) is 0 Å². The number of hydrogen-bond donors (Lipinski definition) is 4. The molecule has 0 fully saturated rings. The third kappa shape index (κ3) is 51.3. The van der Waals surface area contributed by atoms with Crippen molar-refractivity contribution in [3.05, 3.63) is 47.3 Å². The molecular formula is C28H48HfO8. The summed E-state index contributed by atoms with van der Waals surface area (Å²) in [5, 5.41) is 35.4. The van der Waals surface area contributed by atoms with Crippen LogP contribution in [-0.2, 0) is 45.0 Å². The van der Waals surface area contributed by atoms with E-state index in [9.17, 15) is 19.2 Å². The molecule has 0 aromatic carbocycles. The van der Waals surface area contributed by atoms with Crippen LogP contribution in [0, 0.1) is 0 Å². The number of hydrogen-bond acceptors (Lipinski definition) is 8. The molecule has 37 heavy (non-hydrogen) atoms. The van der Waals surface area contributed by atoms with Crippen LogP contribution in [0.2, 0.25) is 0 Å². The quantitative estimate of drug-likeness (QED) is 0.0949. The molecule has 0 aliphatic heterocycles. The zero-order valence-electron chi connectivity index (χ0n) is 23.9. The maximum Gasteiger partial charge on any atom is 0.155 e. The number of aliphatic hydroxyl groups excluding tert-OH is 4. The van der Waals surface area contributed by atoms with Crippen molar-refractivity contribution in [1.29, 1.82) is 0 Å². The van der Waals surface area contributed by atoms with Gasteiger partial charge in [0.25, 0.3) is 0 Å². The summed E-state index contributed by atoms with van der Waals surface area (Å²) in [4.78, 5) is 41.2. The molecule has 9 heteroatoms. The number of carbonyl (C=O) groups is 4. The van der Waals surface area contributed by atoms with Crippen LogP contribution >= 0.6 is 0 Å². The van der Waals surface area contributed by atoms with Gasteiger partial charge in [-0.1, -0.05) is 27.7 Å². The Hall–Kier alpha value is -2.29. The van der Waals surface area contributed by atoms with Crippen LogP contribution in [0.4, 0.5) is 0 Å². The van der Waals surface area contributed by atoms with Crippen LogP contribution in [0.15, 0.2) is 47.3 Å². The van der Waals surface area contributed by atoms with Gasteiger partial charge >= 0.3 is 0 Å². The molecule has 0 saturated carbocycles. The summed E-state index contributed by atoms with van der Waals surface area (Å²) >= 11 is 0. The van der Waals surface area contributed by atoms with E-state index in [1.165, 1.54) is 52.0 Å². The van der Waals surface area contributed by atoms with E-state index in [-0.39, 0.29) is 72.0 Å². The normalized spacial score (nSPS) is 11.2. The molecular weight excluding hydrogens is 643 g/mol. The molecule has 212 valence electrons. The maximum atomic E-state index is 10.3. The minimum atomic E-state index is -0.0963. The Morgan fingerprint density at radius 2 is 0.568 bits per heavy atom. The van der Waals surface area contributed by atoms with Gasteiger partial charge in [-0.15, -0.1) is 0 Å². The molecule has 0 aliphatic carbocycles. The van der Waals surface area contributed by atoms with Gasteiger partial charge in [-0.25, -0.2) is 0 Å². The zero-order valence-corrected chi connectivity index (χ0v) is 27.5. The number of ketones is 4. The summed E-state index contributed by atoms with van der Waals surface area (Å²) in [6, 6.07) is 0. The van der Waals surface area contributed by atoms with Crippen molar-refractivity contribution >= 4 is 23.1 Å². The third-order valence-electron chi connectivity index (χ3n) is 3.50. The van der Waals surface area contributed by atoms with Crippen molar-refractivity contribution in [3.8, 4) is 0 Å². The van der Waals surface area contributed by atoms with Crippen LogP contribution in [0.25, 0.3) is 0 Å². The minimum Gasteiger partial charge on any atom is -0.512 e. The fourth-order valence-electron chi connectivity index (χ4n) is 2.25. The van der Waals surface area contributed by atoms with Gasteiger partial charge in [-0.2, -0.15) is 0 Å². The summed E-state index contributed by atoms with van der Waals surface area (Å²) in [6.45, 7) is 13.5. The van der Waals surface area contributed by atoms with Crippen molar-refractivity contribution in [2.45, 2.75) is 107 Å². The Bertz CT molecular complexity index is 634. The molecule has 0 aromatic heterocycles. The number of allylic oxidation sites excluding steroid dienone is 8. The standard InChI is InChI=1S/4C7H12O2.Hf/c4*1-3-4-7(9)5-6(2)8;/h4*5,9H,3-4H2,1-2H3;/b4*7-5-;. The summed E-state index contributed by atoms with van der Waals surface area (Å²) in [5.74, 6) is 0.355. The largest absolute Gasteiger partial charge is 0.512 e. The summed E-state index contributed by atoms with van der Waals surface area (Å²) < 4.78 is 0. The van der Waals surface area contributed by atoms with Crippen LogP contribution in [0.5, 0.6) is 0 Å². The topological polar surface area (TPSA) is 149 Å². The average Bonchev–Trinajstić information content (AvgIpc) is 2.68. The van der Waals surface area contributed by atoms with Crippen molar-refractivity contribution in [3.63, 3.8) is 0 Å². The van der Waals surface area contributed by atoms with E-state index in [0.29, 0.717) is 25.7 Å². The van der Waals surface area contributed by atoms with Crippen molar-refractivity contribution in [2.75, 3.05) is 0 Å². The number of aliphatic hydroxyl groups is 4. The Labute approximate surface area is 242 Å². The summed E-state index contributed by atoms with van der Waals surface area (Å²) in [5.41, 5.74) is 0. The smallest absolute Gasteiger partial charge is 0.155 e. The fraction of sp³-hybridized carbons (Fsp3) is 0.571. The molecule has 0 radical (unpaired) electrons. The zero-order chi connectivity index (χ0) is 29.1. The fourth-order valence-corrected chi connectivity index (χ4v) is 2.25. The van der Waals surface area contributed by atoms with E-state index in [1.54, 1.807) is 0 Å². The van der Waals surface area contributed by atoms with Crippen LogP contribution in [0.3, 0.4) is 0 Å². The first-order valence-corrected chi connectivity index (χ1v) is 12.3. The van der Waals surface area contributed by atoms with E-state index < -0.39 is 0 Å². The summed E-state index contributed by atoms with van der Waals surface area (Å²) in [7, 11) is 0. The molecule has 0 rings (SSSR count). The van der Waals surface area contributed by atoms with Crippen LogP contribution in [0.1, 0.15) is 107 Å². The molecule has 0 saturated heterocycles. The van der Waals surface area contributed by atoms with Crippen LogP contribution in [-0.4, -0.2) is 43.6 Å². The number of rotatable bonds is 12. The molecule has 0 amide bonds. The monoisotopic (exact) mass is 692 g/mol. The SMILES string of the molecule is CCC/C(O)=C/C(C)=O.CCC/C(O)=C/C(C)=O.CCC/C(O)=C/C(C)=O.CCC/C(O)=C/C(C)=O.[Hf]. The molecule has 0 aromatic rings. The van der Waals surface area contributed by atoms with Gasteiger partial charge in [-0.3, -0.25) is 19.2 Å². The van der Waals surface area contributed by atoms with E-state index in [1.807, 2.05) is 27.7 Å². The second-order valence-corrected chi connectivity index (χ2v) is 7.99. The molecule has 8 nitrogen and oxygen atoms in total. The van der Waals surface area contributed by atoms with Gasteiger partial charge in [0.2, 0.25) is 0 Å². The first-order chi connectivity index (χ1) is 16.7. The number of carbonyl (C=O) groups excluding carboxylic acids is 4. The van der Waals surface area contributed by atoms with E-state index in [2.05, 4.69) is 0 Å². The van der Waals surface area contributed by atoms with Crippen molar-refractivity contribution in [2.24, 2.45) is 0 Å². The third-order valence-corrected chi connectivity index (χ3v) is 3.50. The van der Waals surface area contributed by atoms with Crippen molar-refractivity contribution < 1.29 is 65.4 Å². The molecule has 0 spiro atoms. The summed E-state index contributed by atoms with van der Waals surface area (Å²) in [6.07, 6.45) is 10.9. The Morgan fingerprint density at radius 3 is 0.649 bits per heavy atom. The first-order valence-electron chi connectivity index (χ1n) is 12.3. The Morgan fingerprint density at radius 1 is 0.432 bits per heavy atom. The molecule has 0 bridgehead atoms. The molecule has 0 aliphatic rings. The van der Waals surface area contributed by atoms with Gasteiger partial charge < -0.3 is 20.4 Å². The predicted molar refractivity (Wildman–Crippen MR) is 145 cm³/mol. The van der Waals surface area contributed by atoms with E-state index in [0.717, 1.165) is 25.7 Å². The van der Waals surface area contributed by atoms with E-state index >= 15 is 0 Å². The maximum absolute atomic E-state index is 10.3. The second-order valence-electron chi connectivity index (χ2n) is 7.99.